The monoisotopic (exact) mass is 657 g/mol. The van der Waals surface area contributed by atoms with Gasteiger partial charge < -0.3 is 34.9 Å². The molecule has 0 saturated carbocycles. The van der Waals surface area contributed by atoms with Crippen LogP contribution in [0.15, 0.2) is 30.6 Å². The number of piperidine rings is 1. The van der Waals surface area contributed by atoms with Gasteiger partial charge in [0.25, 0.3) is 5.92 Å². The number of carbonyl (C=O) groups excluding carboxylic acids is 1. The molecule has 0 bridgehead atoms. The fourth-order valence-electron chi connectivity index (χ4n) is 6.52. The summed E-state index contributed by atoms with van der Waals surface area (Å²) in [6.45, 7) is -0.278. The molecule has 1 spiro atoms. The Hall–Kier alpha value is -2.59. The van der Waals surface area contributed by atoms with Gasteiger partial charge in [0.05, 0.1) is 49.3 Å². The van der Waals surface area contributed by atoms with E-state index >= 15 is 4.39 Å². The number of rotatable bonds is 14. The molecule has 0 aliphatic carbocycles. The molecule has 5 rings (SSSR count). The first-order chi connectivity index (χ1) is 21.5. The Morgan fingerprint density at radius 1 is 1.09 bits per heavy atom. The molecule has 2 aromatic rings. The van der Waals surface area contributed by atoms with Crippen LogP contribution in [0.5, 0.6) is 5.75 Å². The summed E-state index contributed by atoms with van der Waals surface area (Å²) < 4.78 is 50.3. The van der Waals surface area contributed by atoms with Gasteiger partial charge in [-0.05, 0) is 37.7 Å². The number of aliphatic hydroxyl groups is 4. The van der Waals surface area contributed by atoms with Crippen molar-refractivity contribution in [3.63, 3.8) is 0 Å². The van der Waals surface area contributed by atoms with E-state index in [2.05, 4.69) is 14.9 Å². The van der Waals surface area contributed by atoms with Crippen LogP contribution in [0.2, 0.25) is 5.02 Å². The van der Waals surface area contributed by atoms with Crippen molar-refractivity contribution in [1.29, 1.82) is 0 Å². The lowest BCUT2D eigenvalue weighted by Crippen LogP contribution is -2.88. The van der Waals surface area contributed by atoms with E-state index in [1.807, 2.05) is 0 Å². The van der Waals surface area contributed by atoms with E-state index in [0.717, 1.165) is 38.8 Å². The molecule has 4 N–H and O–H groups in total. The summed E-state index contributed by atoms with van der Waals surface area (Å²) in [5.41, 5.74) is -1.65. The number of likely N-dealkylation sites (tertiary alicyclic amines) is 2. The summed E-state index contributed by atoms with van der Waals surface area (Å²) in [4.78, 5) is 25.4. The van der Waals surface area contributed by atoms with Crippen LogP contribution in [0.1, 0.15) is 37.3 Å². The number of hydrogen-bond donors (Lipinski definition) is 4. The molecular weight excluding hydrogens is 619 g/mol. The van der Waals surface area contributed by atoms with Gasteiger partial charge in [0.2, 0.25) is 5.95 Å². The Bertz CT molecular complexity index is 1300. The van der Waals surface area contributed by atoms with Crippen LogP contribution < -0.4 is 9.64 Å². The molecule has 4 atom stereocenters. The van der Waals surface area contributed by atoms with Crippen LogP contribution in [-0.2, 0) is 4.79 Å². The molecule has 3 aliphatic heterocycles. The molecule has 1 aromatic heterocycles. The van der Waals surface area contributed by atoms with Gasteiger partial charge in [-0.25, -0.2) is 23.1 Å². The van der Waals surface area contributed by atoms with Crippen LogP contribution in [0.25, 0.3) is 0 Å². The maximum Gasteiger partial charge on any atom is 0.281 e. The van der Waals surface area contributed by atoms with Gasteiger partial charge in [0.15, 0.2) is 0 Å². The molecule has 1 unspecified atom stereocenters. The summed E-state index contributed by atoms with van der Waals surface area (Å²) in [7, 11) is 0. The van der Waals surface area contributed by atoms with E-state index in [0.29, 0.717) is 35.5 Å². The number of ether oxygens (including phenoxy) is 1. The van der Waals surface area contributed by atoms with Crippen molar-refractivity contribution in [2.45, 2.75) is 61.5 Å². The summed E-state index contributed by atoms with van der Waals surface area (Å²) in [5.74, 6) is -2.30. The molecular formula is C30H39ClF3N5O6. The maximum absolute atomic E-state index is 15.1. The number of β-amino-alcohol motifs (C(OH)–C–C–N with tert-alkyl or cyclic N) is 1. The van der Waals surface area contributed by atoms with E-state index < -0.39 is 54.8 Å². The zero-order valence-corrected chi connectivity index (χ0v) is 25.4. The highest BCUT2D eigenvalue weighted by Gasteiger charge is 2.72. The molecule has 11 nitrogen and oxygen atoms in total. The number of halogens is 4. The third-order valence-electron chi connectivity index (χ3n) is 9.33. The number of hydrogen-bond acceptors (Lipinski definition) is 11. The average molecular weight is 658 g/mol. The van der Waals surface area contributed by atoms with Gasteiger partial charge in [0.1, 0.15) is 35.6 Å². The van der Waals surface area contributed by atoms with Crippen LogP contribution in [-0.4, -0.2) is 129 Å². The molecule has 0 amide bonds. The lowest BCUT2D eigenvalue weighted by molar-refractivity contribution is -0.301. The van der Waals surface area contributed by atoms with E-state index in [-0.39, 0.29) is 25.2 Å². The number of aliphatic hydroxyl groups excluding tert-OH is 4. The first-order valence-electron chi connectivity index (χ1n) is 15.1. The highest BCUT2D eigenvalue weighted by atomic mass is 35.5. The van der Waals surface area contributed by atoms with Crippen LogP contribution in [0, 0.1) is 11.7 Å². The third-order valence-corrected chi connectivity index (χ3v) is 9.53. The van der Waals surface area contributed by atoms with Gasteiger partial charge in [-0.1, -0.05) is 17.7 Å². The molecule has 4 heterocycles. The normalized spacial score (nSPS) is 22.7. The van der Waals surface area contributed by atoms with Crippen LogP contribution >= 0.6 is 11.6 Å². The number of anilines is 1. The molecule has 3 fully saturated rings. The van der Waals surface area contributed by atoms with E-state index in [9.17, 15) is 28.9 Å². The molecule has 45 heavy (non-hydrogen) atoms. The Morgan fingerprint density at radius 3 is 2.38 bits per heavy atom. The summed E-state index contributed by atoms with van der Waals surface area (Å²) in [6, 6.07) is 3.08. The summed E-state index contributed by atoms with van der Waals surface area (Å²) in [6.07, 6.45) is 2.51. The molecule has 0 radical (unpaired) electrons. The second-order valence-electron chi connectivity index (χ2n) is 12.2. The van der Waals surface area contributed by atoms with E-state index in [1.165, 1.54) is 21.9 Å². The molecule has 248 valence electrons. The second-order valence-corrected chi connectivity index (χ2v) is 12.7. The van der Waals surface area contributed by atoms with Gasteiger partial charge >= 0.3 is 0 Å². The number of carbonyl (C=O) groups is 1. The van der Waals surface area contributed by atoms with E-state index in [1.54, 1.807) is 18.5 Å². The number of aldehydes is 1. The Labute approximate surface area is 264 Å². The molecule has 3 aliphatic rings. The lowest BCUT2D eigenvalue weighted by atomic mass is 9.72. The quantitative estimate of drug-likeness (QED) is 0.174. The molecule has 15 heteroatoms. The number of benzene rings is 1. The van der Waals surface area contributed by atoms with Crippen LogP contribution in [0.3, 0.4) is 0 Å². The predicted octanol–water partition coefficient (Wildman–Crippen LogP) is 1.66. The predicted molar refractivity (Wildman–Crippen MR) is 158 cm³/mol. The molecule has 3 saturated heterocycles. The maximum atomic E-state index is 15.1. The van der Waals surface area contributed by atoms with Gasteiger partial charge in [-0.15, -0.1) is 0 Å². The zero-order chi connectivity index (χ0) is 32.4. The zero-order valence-electron chi connectivity index (χ0n) is 24.7. The Balaban J connectivity index is 1.08. The van der Waals surface area contributed by atoms with Gasteiger partial charge in [-0.2, -0.15) is 0 Å². The fraction of sp³-hybridized carbons (Fsp3) is 0.633. The van der Waals surface area contributed by atoms with Crippen molar-refractivity contribution in [2.24, 2.45) is 5.92 Å². The minimum absolute atomic E-state index is 0.0411. The smallest absolute Gasteiger partial charge is 0.281 e. The Morgan fingerprint density at radius 2 is 1.78 bits per heavy atom. The van der Waals surface area contributed by atoms with Crippen molar-refractivity contribution < 1.29 is 43.1 Å². The summed E-state index contributed by atoms with van der Waals surface area (Å²) >= 11 is 5.87. The van der Waals surface area contributed by atoms with E-state index in [4.69, 9.17) is 21.4 Å². The minimum Gasteiger partial charge on any atom is -0.493 e. The number of alkyl halides is 2. The Kier molecular flexibility index (Phi) is 10.5. The minimum atomic E-state index is -3.13. The summed E-state index contributed by atoms with van der Waals surface area (Å²) in [5, 5.41) is 39.1. The second kappa shape index (κ2) is 14.0. The third kappa shape index (κ3) is 7.07. The SMILES string of the molecule is O=CC(c1ccc(OCCCC2CCN(c3ncc(Cl)cn3)CC2)cc1F)N1CC2(C1)N(C[C@H](O)[C@H](O)[C@H](O)CO)CC2(F)F. The molecule has 1 aromatic carbocycles. The van der Waals surface area contributed by atoms with Crippen molar-refractivity contribution >= 4 is 23.8 Å². The topological polar surface area (TPSA) is 143 Å². The standard InChI is InChI=1S/C30H39ClF3N5O6/c31-20-11-35-28(36-12-20)37-7-5-19(6-8-37)2-1-9-45-21-3-4-22(23(32)10-21)24(14-40)38-16-29(17-38)30(33,34)18-39(29)13-25(42)27(44)26(43)15-41/h3-4,10-12,14,19,24-27,41-44H,1-2,5-9,13,15-18H2/t24?,25-,26+,27-/m0/s1. The van der Waals surface area contributed by atoms with Crippen molar-refractivity contribution in [1.82, 2.24) is 19.8 Å². The first-order valence-corrected chi connectivity index (χ1v) is 15.5. The highest BCUT2D eigenvalue weighted by Crippen LogP contribution is 2.52. The number of aromatic nitrogens is 2. The fourth-order valence-corrected chi connectivity index (χ4v) is 6.61. The van der Waals surface area contributed by atoms with Crippen molar-refractivity contribution in [2.75, 3.05) is 57.4 Å². The van der Waals surface area contributed by atoms with Crippen molar-refractivity contribution in [3.05, 3.63) is 47.0 Å². The van der Waals surface area contributed by atoms with Gasteiger partial charge in [0, 0.05) is 44.4 Å². The van der Waals surface area contributed by atoms with Gasteiger partial charge in [-0.3, -0.25) is 9.80 Å². The van der Waals surface area contributed by atoms with Crippen molar-refractivity contribution in [3.8, 4) is 5.75 Å². The van der Waals surface area contributed by atoms with Crippen LogP contribution in [0.4, 0.5) is 19.1 Å². The largest absolute Gasteiger partial charge is 0.493 e. The lowest BCUT2D eigenvalue weighted by Gasteiger charge is -2.67. The average Bonchev–Trinajstić information content (AvgIpc) is 3.00. The highest BCUT2D eigenvalue weighted by molar-refractivity contribution is 6.30. The first kappa shape index (κ1) is 33.8. The number of nitrogens with zero attached hydrogens (tertiary/aromatic N) is 5.